The fourth-order valence-corrected chi connectivity index (χ4v) is 3.35. The van der Waals surface area contributed by atoms with Crippen LogP contribution in [0.4, 0.5) is 0 Å². The van der Waals surface area contributed by atoms with E-state index in [4.69, 9.17) is 0 Å². The van der Waals surface area contributed by atoms with Gasteiger partial charge in [0, 0.05) is 11.8 Å². The molecule has 25 heavy (non-hydrogen) atoms. The van der Waals surface area contributed by atoms with Crippen LogP contribution in [0, 0.1) is 17.8 Å². The Balaban J connectivity index is 3.13. The first-order valence-electron chi connectivity index (χ1n) is 9.38. The molecule has 0 saturated heterocycles. The summed E-state index contributed by atoms with van der Waals surface area (Å²) in [6.07, 6.45) is 5.81. The number of hydrogen-bond donors (Lipinski definition) is 2. The van der Waals surface area contributed by atoms with Crippen molar-refractivity contribution in [2.45, 2.75) is 78.9 Å². The van der Waals surface area contributed by atoms with Crippen LogP contribution >= 0.6 is 0 Å². The van der Waals surface area contributed by atoms with Crippen LogP contribution in [-0.4, -0.2) is 34.0 Å². The van der Waals surface area contributed by atoms with Gasteiger partial charge < -0.3 is 10.2 Å². The highest BCUT2D eigenvalue weighted by molar-refractivity contribution is 5.98. The Bertz CT molecular complexity index is 532. The lowest BCUT2D eigenvalue weighted by atomic mass is 9.77. The molecule has 0 aliphatic heterocycles. The fourth-order valence-electron chi connectivity index (χ4n) is 3.35. The normalized spacial score (nSPS) is 35.7. The molecule has 1 aliphatic carbocycles. The molecule has 0 saturated carbocycles. The molecule has 0 aromatic carbocycles. The number of allylic oxidation sites excluding steroid dienone is 3. The van der Waals surface area contributed by atoms with Gasteiger partial charge in [-0.3, -0.25) is 9.59 Å². The number of aliphatic hydroxyl groups is 2. The quantitative estimate of drug-likeness (QED) is 0.746. The average Bonchev–Trinajstić information content (AvgIpc) is 2.56. The zero-order valence-electron chi connectivity index (χ0n) is 16.3. The summed E-state index contributed by atoms with van der Waals surface area (Å²) in [4.78, 5) is 24.4. The Morgan fingerprint density at radius 2 is 1.84 bits per heavy atom. The summed E-state index contributed by atoms with van der Waals surface area (Å²) in [6, 6.07) is 0. The monoisotopic (exact) mass is 350 g/mol. The average molecular weight is 350 g/mol. The van der Waals surface area contributed by atoms with Gasteiger partial charge in [-0.1, -0.05) is 31.6 Å². The minimum Gasteiger partial charge on any atom is -0.393 e. The molecule has 1 unspecified atom stereocenters. The van der Waals surface area contributed by atoms with Crippen LogP contribution in [0.3, 0.4) is 0 Å². The summed E-state index contributed by atoms with van der Waals surface area (Å²) in [5.74, 6) is -1.39. The predicted octanol–water partition coefficient (Wildman–Crippen LogP) is 3.61. The van der Waals surface area contributed by atoms with E-state index in [1.54, 1.807) is 13.8 Å². The third kappa shape index (κ3) is 6.52. The summed E-state index contributed by atoms with van der Waals surface area (Å²) < 4.78 is 0. The lowest BCUT2D eigenvalue weighted by molar-refractivity contribution is -0.132. The van der Waals surface area contributed by atoms with E-state index >= 15 is 0 Å². The van der Waals surface area contributed by atoms with E-state index in [9.17, 15) is 19.8 Å². The molecule has 5 atom stereocenters. The van der Waals surface area contributed by atoms with Gasteiger partial charge in [-0.2, -0.15) is 0 Å². The van der Waals surface area contributed by atoms with Crippen LogP contribution in [0.15, 0.2) is 23.3 Å². The number of ketones is 2. The summed E-state index contributed by atoms with van der Waals surface area (Å²) in [7, 11) is 0. The maximum atomic E-state index is 12.6. The summed E-state index contributed by atoms with van der Waals surface area (Å²) in [5, 5.41) is 21.2. The molecular weight excluding hydrogens is 316 g/mol. The van der Waals surface area contributed by atoms with Gasteiger partial charge in [-0.05, 0) is 64.4 Å². The largest absolute Gasteiger partial charge is 0.393 e. The third-order valence-corrected chi connectivity index (χ3v) is 5.62. The van der Waals surface area contributed by atoms with Crippen molar-refractivity contribution in [1.82, 2.24) is 0 Å². The number of hydrogen-bond acceptors (Lipinski definition) is 4. The van der Waals surface area contributed by atoms with Crippen molar-refractivity contribution in [3.63, 3.8) is 0 Å². The van der Waals surface area contributed by atoms with Crippen molar-refractivity contribution < 1.29 is 19.8 Å². The lowest BCUT2D eigenvalue weighted by Crippen LogP contribution is -2.39. The minimum absolute atomic E-state index is 0.0487. The molecule has 0 bridgehead atoms. The minimum atomic E-state index is -1.25. The highest BCUT2D eigenvalue weighted by atomic mass is 16.3. The van der Waals surface area contributed by atoms with Crippen molar-refractivity contribution in [2.75, 3.05) is 0 Å². The summed E-state index contributed by atoms with van der Waals surface area (Å²) in [6.45, 7) is 8.98. The van der Waals surface area contributed by atoms with E-state index in [0.29, 0.717) is 5.57 Å². The topological polar surface area (TPSA) is 74.6 Å². The second-order valence-electron chi connectivity index (χ2n) is 7.71. The van der Waals surface area contributed by atoms with Crippen LogP contribution in [0.25, 0.3) is 0 Å². The smallest absolute Gasteiger partial charge is 0.186 e. The van der Waals surface area contributed by atoms with Gasteiger partial charge in [-0.25, -0.2) is 0 Å². The van der Waals surface area contributed by atoms with E-state index < -0.39 is 24.0 Å². The van der Waals surface area contributed by atoms with Gasteiger partial charge in [0.2, 0.25) is 0 Å². The molecule has 0 aromatic rings. The molecule has 0 amide bonds. The number of rotatable bonds is 2. The van der Waals surface area contributed by atoms with Gasteiger partial charge in [0.15, 0.2) is 5.78 Å². The van der Waals surface area contributed by atoms with Crippen molar-refractivity contribution in [2.24, 2.45) is 17.8 Å². The molecule has 0 heterocycles. The maximum Gasteiger partial charge on any atom is 0.186 e. The van der Waals surface area contributed by atoms with Crippen LogP contribution in [-0.2, 0) is 9.59 Å². The molecule has 1 aliphatic rings. The van der Waals surface area contributed by atoms with E-state index in [0.717, 1.165) is 25.7 Å². The van der Waals surface area contributed by atoms with Crippen LogP contribution < -0.4 is 0 Å². The van der Waals surface area contributed by atoms with Gasteiger partial charge >= 0.3 is 0 Å². The third-order valence-electron chi connectivity index (χ3n) is 5.62. The van der Waals surface area contributed by atoms with E-state index in [-0.39, 0.29) is 23.9 Å². The molecule has 0 aromatic heterocycles. The molecular formula is C21H34O4. The van der Waals surface area contributed by atoms with Gasteiger partial charge in [0.25, 0.3) is 0 Å². The fraction of sp³-hybridized carbons (Fsp3) is 0.714. The van der Waals surface area contributed by atoms with E-state index in [2.05, 4.69) is 13.0 Å². The predicted molar refractivity (Wildman–Crippen MR) is 100 cm³/mol. The van der Waals surface area contributed by atoms with Crippen molar-refractivity contribution >= 4 is 11.6 Å². The van der Waals surface area contributed by atoms with Crippen molar-refractivity contribution in [3.05, 3.63) is 23.3 Å². The Hall–Kier alpha value is -1.26. The number of Topliss-reactive ketones (excluding diaryl/α,β-unsaturated/α-hetero) is 2. The Morgan fingerprint density at radius 3 is 2.44 bits per heavy atom. The Kier molecular flexibility index (Phi) is 8.74. The number of carbonyl (C=O) groups is 2. The van der Waals surface area contributed by atoms with Crippen LogP contribution in [0.1, 0.15) is 66.7 Å². The second-order valence-corrected chi connectivity index (χ2v) is 7.71. The molecule has 0 radical (unpaired) electrons. The Morgan fingerprint density at radius 1 is 1.20 bits per heavy atom. The van der Waals surface area contributed by atoms with Gasteiger partial charge in [0.05, 0.1) is 6.10 Å². The standard InChI is InChI=1S/C21H34O4/c1-13-8-6-10-14(2)19(23)12-18(16(4)17(5)22)21(25)20(24)15(3)11-7-9-13/h8,11,14,16,18-19,21,23,25H,6-7,9-10,12H2,1-5H3/b13-8+,15-11+/t14-,16?,18+,19-,21-/m1/s1. The highest BCUT2D eigenvalue weighted by Crippen LogP contribution is 2.29. The number of aliphatic hydroxyl groups excluding tert-OH is 2. The lowest BCUT2D eigenvalue weighted by Gasteiger charge is -2.30. The SMILES string of the molecule is CC(=O)C(C)[C@@H]1C[C@@H](O)[C@H](C)CC/C=C(\C)CC/C=C(\C)C(=O)[C@@H]1O. The molecule has 1 rings (SSSR count). The molecule has 4 heteroatoms. The second kappa shape index (κ2) is 10.0. The van der Waals surface area contributed by atoms with Crippen molar-refractivity contribution in [1.29, 1.82) is 0 Å². The van der Waals surface area contributed by atoms with Gasteiger partial charge in [0.1, 0.15) is 11.9 Å². The number of carbonyl (C=O) groups excluding carboxylic acids is 2. The molecule has 0 spiro atoms. The highest BCUT2D eigenvalue weighted by Gasteiger charge is 2.35. The van der Waals surface area contributed by atoms with E-state index in [1.807, 2.05) is 13.0 Å². The first-order valence-corrected chi connectivity index (χ1v) is 9.38. The molecule has 2 N–H and O–H groups in total. The molecule has 142 valence electrons. The first kappa shape index (κ1) is 21.8. The summed E-state index contributed by atoms with van der Waals surface area (Å²) in [5.41, 5.74) is 1.81. The summed E-state index contributed by atoms with van der Waals surface area (Å²) >= 11 is 0. The zero-order chi connectivity index (χ0) is 19.1. The maximum absolute atomic E-state index is 12.6. The van der Waals surface area contributed by atoms with Crippen LogP contribution in [0.2, 0.25) is 0 Å². The molecule has 0 fully saturated rings. The van der Waals surface area contributed by atoms with Crippen LogP contribution in [0.5, 0.6) is 0 Å². The van der Waals surface area contributed by atoms with Crippen molar-refractivity contribution in [3.8, 4) is 0 Å². The molecule has 4 nitrogen and oxygen atoms in total. The van der Waals surface area contributed by atoms with E-state index in [1.165, 1.54) is 12.5 Å². The zero-order valence-corrected chi connectivity index (χ0v) is 16.3. The Labute approximate surface area is 152 Å². The van der Waals surface area contributed by atoms with Gasteiger partial charge in [-0.15, -0.1) is 0 Å². The first-order chi connectivity index (χ1) is 11.6.